The minimum absolute atomic E-state index is 0.0208. The summed E-state index contributed by atoms with van der Waals surface area (Å²) in [6, 6.07) is 0. The fourth-order valence-corrected chi connectivity index (χ4v) is 9.11. The molecule has 172 valence electrons. The number of carbonyl (C=O) groups is 3. The molecule has 1 aliphatic heterocycles. The van der Waals surface area contributed by atoms with Crippen LogP contribution < -0.4 is 0 Å². The molecule has 6 aliphatic rings. The van der Waals surface area contributed by atoms with Crippen molar-refractivity contribution in [1.82, 2.24) is 0 Å². The number of esters is 2. The number of hydrogen-bond donors (Lipinski definition) is 0. The zero-order chi connectivity index (χ0) is 22.6. The zero-order valence-electron chi connectivity index (χ0n) is 19.6. The average Bonchev–Trinajstić information content (AvgIpc) is 3.36. The number of carbonyl (C=O) groups excluding carboxylic acids is 3. The summed E-state index contributed by atoms with van der Waals surface area (Å²) >= 11 is 0. The first kappa shape index (κ1) is 20.7. The second-order valence-corrected chi connectivity index (χ2v) is 12.0. The molecule has 0 aromatic carbocycles. The molecule has 0 N–H and O–H groups in total. The molecule has 6 unspecified atom stereocenters. The Balaban J connectivity index is 1.45. The van der Waals surface area contributed by atoms with Gasteiger partial charge in [-0.1, -0.05) is 25.5 Å². The molecule has 4 saturated carbocycles. The van der Waals surface area contributed by atoms with Crippen molar-refractivity contribution in [3.05, 3.63) is 23.8 Å². The molecule has 32 heavy (non-hydrogen) atoms. The Morgan fingerprint density at radius 3 is 2.66 bits per heavy atom. The number of fused-ring (bicyclic) bond motifs is 9. The molecule has 0 amide bonds. The third-order valence-corrected chi connectivity index (χ3v) is 10.4. The second kappa shape index (κ2) is 6.36. The molecular formula is C27H34O5. The van der Waals surface area contributed by atoms with E-state index in [1.165, 1.54) is 0 Å². The highest BCUT2D eigenvalue weighted by Crippen LogP contribution is 2.79. The van der Waals surface area contributed by atoms with Crippen LogP contribution in [-0.2, 0) is 23.9 Å². The highest BCUT2D eigenvalue weighted by atomic mass is 16.6. The van der Waals surface area contributed by atoms with Gasteiger partial charge in [0.15, 0.2) is 5.78 Å². The van der Waals surface area contributed by atoms with Gasteiger partial charge in [-0.25, -0.2) is 0 Å². The lowest BCUT2D eigenvalue weighted by Gasteiger charge is -2.60. The van der Waals surface area contributed by atoms with Gasteiger partial charge in [0.1, 0.15) is 5.60 Å². The van der Waals surface area contributed by atoms with Crippen LogP contribution in [0.25, 0.3) is 0 Å². The Morgan fingerprint density at radius 1 is 1.19 bits per heavy atom. The monoisotopic (exact) mass is 438 g/mol. The number of ether oxygens (including phenoxy) is 2. The van der Waals surface area contributed by atoms with E-state index in [2.05, 4.69) is 19.9 Å². The van der Waals surface area contributed by atoms with Gasteiger partial charge >= 0.3 is 11.9 Å². The predicted molar refractivity (Wildman–Crippen MR) is 117 cm³/mol. The van der Waals surface area contributed by atoms with Crippen molar-refractivity contribution in [3.63, 3.8) is 0 Å². The van der Waals surface area contributed by atoms with Gasteiger partial charge in [-0.2, -0.15) is 0 Å². The Morgan fingerprint density at radius 2 is 1.97 bits per heavy atom. The summed E-state index contributed by atoms with van der Waals surface area (Å²) in [5, 5.41) is 0. The lowest BCUT2D eigenvalue weighted by Crippen LogP contribution is -2.59. The maximum Gasteiger partial charge on any atom is 0.309 e. The van der Waals surface area contributed by atoms with Crippen molar-refractivity contribution in [2.75, 3.05) is 0 Å². The quantitative estimate of drug-likeness (QED) is 0.598. The van der Waals surface area contributed by atoms with Gasteiger partial charge in [-0.3, -0.25) is 14.4 Å². The van der Waals surface area contributed by atoms with Crippen molar-refractivity contribution in [1.29, 1.82) is 0 Å². The number of allylic oxidation sites excluding steroid dienone is 4. The summed E-state index contributed by atoms with van der Waals surface area (Å²) in [5.74, 6) is 1.42. The molecule has 5 heteroatoms. The fraction of sp³-hybridized carbons (Fsp3) is 0.741. The summed E-state index contributed by atoms with van der Waals surface area (Å²) in [5.41, 5.74) is 0.469. The Kier molecular flexibility index (Phi) is 4.11. The molecule has 9 atom stereocenters. The third kappa shape index (κ3) is 2.43. The van der Waals surface area contributed by atoms with E-state index in [1.807, 2.05) is 13.8 Å². The van der Waals surface area contributed by atoms with Crippen molar-refractivity contribution in [2.24, 2.45) is 46.3 Å². The van der Waals surface area contributed by atoms with E-state index < -0.39 is 0 Å². The molecule has 0 radical (unpaired) electrons. The molecule has 0 aromatic heterocycles. The van der Waals surface area contributed by atoms with Crippen LogP contribution in [0.4, 0.5) is 0 Å². The summed E-state index contributed by atoms with van der Waals surface area (Å²) in [4.78, 5) is 38.0. The number of hydrogen-bond acceptors (Lipinski definition) is 5. The van der Waals surface area contributed by atoms with E-state index in [9.17, 15) is 14.4 Å². The number of ketones is 1. The summed E-state index contributed by atoms with van der Waals surface area (Å²) in [6.07, 6.45) is 10.5. The Labute approximate surface area is 190 Å². The van der Waals surface area contributed by atoms with Crippen molar-refractivity contribution in [3.8, 4) is 0 Å². The van der Waals surface area contributed by atoms with Crippen LogP contribution in [-0.4, -0.2) is 29.4 Å². The standard InChI is InChI=1S/C27H34O5/c1-14(2)31-24(30)18-12-15-11-16(28)5-8-25(15,3)19-6-9-26(4)23(22(18)19)17-13-20(17)27(26)10-7-21(29)32-27/h5,8,11,14,17-20,22-23H,6-7,9-10,12-13H2,1-4H3/t17-,18-,19?,20+,22?,23?,25?,26?,27?/m1/s1. The molecule has 1 saturated heterocycles. The Hall–Kier alpha value is -1.91. The Bertz CT molecular complexity index is 977. The smallest absolute Gasteiger partial charge is 0.309 e. The average molecular weight is 439 g/mol. The van der Waals surface area contributed by atoms with Gasteiger partial charge < -0.3 is 9.47 Å². The van der Waals surface area contributed by atoms with Crippen LogP contribution in [0.3, 0.4) is 0 Å². The zero-order valence-corrected chi connectivity index (χ0v) is 19.6. The topological polar surface area (TPSA) is 69.7 Å². The minimum atomic E-state index is -0.341. The van der Waals surface area contributed by atoms with Crippen molar-refractivity contribution < 1.29 is 23.9 Å². The fourth-order valence-electron chi connectivity index (χ4n) is 9.11. The normalized spacial score (nSPS) is 50.3. The van der Waals surface area contributed by atoms with E-state index in [-0.39, 0.29) is 52.1 Å². The van der Waals surface area contributed by atoms with Crippen LogP contribution >= 0.6 is 0 Å². The summed E-state index contributed by atoms with van der Waals surface area (Å²) in [7, 11) is 0. The number of rotatable bonds is 2. The maximum atomic E-state index is 13.5. The second-order valence-electron chi connectivity index (χ2n) is 12.0. The summed E-state index contributed by atoms with van der Waals surface area (Å²) < 4.78 is 12.0. The van der Waals surface area contributed by atoms with E-state index in [0.29, 0.717) is 36.5 Å². The molecule has 0 aromatic rings. The first-order valence-corrected chi connectivity index (χ1v) is 12.5. The molecule has 1 spiro atoms. The lowest BCUT2D eigenvalue weighted by atomic mass is 9.44. The molecule has 6 rings (SSSR count). The van der Waals surface area contributed by atoms with Crippen molar-refractivity contribution in [2.45, 2.75) is 77.9 Å². The highest BCUT2D eigenvalue weighted by Gasteiger charge is 2.79. The van der Waals surface area contributed by atoms with Gasteiger partial charge in [0.2, 0.25) is 0 Å². The van der Waals surface area contributed by atoms with Crippen molar-refractivity contribution >= 4 is 17.7 Å². The van der Waals surface area contributed by atoms with E-state index in [0.717, 1.165) is 31.3 Å². The van der Waals surface area contributed by atoms with Crippen LogP contribution in [0.2, 0.25) is 0 Å². The predicted octanol–water partition coefficient (Wildman–Crippen LogP) is 4.40. The first-order chi connectivity index (χ1) is 15.1. The van der Waals surface area contributed by atoms with Gasteiger partial charge in [-0.05, 0) is 81.8 Å². The molecular weight excluding hydrogens is 404 g/mol. The molecule has 5 aliphatic carbocycles. The van der Waals surface area contributed by atoms with E-state index in [4.69, 9.17) is 9.47 Å². The molecule has 1 heterocycles. The van der Waals surface area contributed by atoms with Crippen LogP contribution in [0.15, 0.2) is 23.8 Å². The third-order valence-electron chi connectivity index (χ3n) is 10.4. The van der Waals surface area contributed by atoms with Gasteiger partial charge in [0.05, 0.1) is 12.0 Å². The summed E-state index contributed by atoms with van der Waals surface area (Å²) in [6.45, 7) is 8.41. The minimum Gasteiger partial charge on any atom is -0.463 e. The van der Waals surface area contributed by atoms with Crippen LogP contribution in [0.1, 0.15) is 66.2 Å². The van der Waals surface area contributed by atoms with Gasteiger partial charge in [-0.15, -0.1) is 0 Å². The van der Waals surface area contributed by atoms with E-state index in [1.54, 1.807) is 12.2 Å². The molecule has 0 bridgehead atoms. The largest absolute Gasteiger partial charge is 0.463 e. The van der Waals surface area contributed by atoms with Crippen LogP contribution in [0, 0.1) is 46.3 Å². The van der Waals surface area contributed by atoms with E-state index >= 15 is 0 Å². The maximum absolute atomic E-state index is 13.5. The highest BCUT2D eigenvalue weighted by molar-refractivity contribution is 6.01. The lowest BCUT2D eigenvalue weighted by molar-refractivity contribution is -0.185. The van der Waals surface area contributed by atoms with Gasteiger partial charge in [0.25, 0.3) is 0 Å². The van der Waals surface area contributed by atoms with Gasteiger partial charge in [0, 0.05) is 23.2 Å². The molecule has 5 nitrogen and oxygen atoms in total. The van der Waals surface area contributed by atoms with Crippen LogP contribution in [0.5, 0.6) is 0 Å². The first-order valence-electron chi connectivity index (χ1n) is 12.5. The molecule has 5 fully saturated rings. The SMILES string of the molecule is CC(C)OC(=O)[C@@H]1CC2=CC(=O)C=CC2(C)C2CCC3(C)C(C21)[C@@H]1C[C@@H]1C31CCC(=O)O1.